The Kier molecular flexibility index (Phi) is 5.00. The van der Waals surface area contributed by atoms with E-state index >= 15 is 0 Å². The number of Topliss-reactive ketones (excluding diaryl/α,β-unsaturated/α-hetero) is 1. The summed E-state index contributed by atoms with van der Waals surface area (Å²) in [5, 5.41) is 4.16. The Morgan fingerprint density at radius 1 is 0.939 bits per heavy atom. The number of piperidine rings is 1. The van der Waals surface area contributed by atoms with Gasteiger partial charge in [0, 0.05) is 22.4 Å². The van der Waals surface area contributed by atoms with Crippen LogP contribution in [-0.4, -0.2) is 31.5 Å². The van der Waals surface area contributed by atoms with Crippen LogP contribution in [0.5, 0.6) is 0 Å². The summed E-state index contributed by atoms with van der Waals surface area (Å²) in [7, 11) is -3.39. The highest BCUT2D eigenvalue weighted by Crippen LogP contribution is 2.46. The topological polar surface area (TPSA) is 76.4 Å². The van der Waals surface area contributed by atoms with Gasteiger partial charge in [0.15, 0.2) is 9.84 Å². The van der Waals surface area contributed by atoms with Crippen LogP contribution in [0.3, 0.4) is 0 Å². The molecule has 2 heterocycles. The third-order valence-corrected chi connectivity index (χ3v) is 10.4. The van der Waals surface area contributed by atoms with Crippen molar-refractivity contribution in [3.63, 3.8) is 0 Å². The summed E-state index contributed by atoms with van der Waals surface area (Å²) >= 11 is 0. The number of hydrogen-bond acceptors (Lipinski definition) is 5. The summed E-state index contributed by atoms with van der Waals surface area (Å²) < 4.78 is 32.7. The normalized spacial score (nSPS) is 28.4. The fraction of sp³-hybridized carbons (Fsp3) is 0.444. The van der Waals surface area contributed by atoms with Gasteiger partial charge < -0.3 is 9.73 Å². The number of carbonyl (C=O) groups excluding carboxylic acids is 1. The molecule has 1 aliphatic heterocycles. The van der Waals surface area contributed by atoms with Crippen LogP contribution >= 0.6 is 0 Å². The number of hydrogen-bond donors (Lipinski definition) is 1. The number of nitrogens with one attached hydrogen (secondary N) is 1. The van der Waals surface area contributed by atoms with Gasteiger partial charge in [0.2, 0.25) is 0 Å². The lowest BCUT2D eigenvalue weighted by Crippen LogP contribution is -2.57. The first-order valence-corrected chi connectivity index (χ1v) is 13.6. The zero-order valence-corrected chi connectivity index (χ0v) is 19.4. The summed E-state index contributed by atoms with van der Waals surface area (Å²) in [6.45, 7) is 0.446. The van der Waals surface area contributed by atoms with Crippen LogP contribution in [-0.2, 0) is 14.6 Å². The molecule has 33 heavy (non-hydrogen) atoms. The highest BCUT2D eigenvalue weighted by atomic mass is 32.2. The van der Waals surface area contributed by atoms with Crippen molar-refractivity contribution in [3.8, 4) is 11.3 Å². The molecule has 1 unspecified atom stereocenters. The van der Waals surface area contributed by atoms with E-state index in [4.69, 9.17) is 4.42 Å². The number of para-hydroxylation sites is 1. The van der Waals surface area contributed by atoms with Gasteiger partial charge in [-0.3, -0.25) is 4.79 Å². The van der Waals surface area contributed by atoms with Crippen molar-refractivity contribution in [2.75, 3.05) is 6.54 Å². The van der Waals surface area contributed by atoms with Crippen molar-refractivity contribution in [1.29, 1.82) is 0 Å². The molecule has 6 heteroatoms. The summed E-state index contributed by atoms with van der Waals surface area (Å²) in [6, 6.07) is 16.9. The van der Waals surface area contributed by atoms with Crippen molar-refractivity contribution >= 4 is 26.6 Å². The zero-order chi connectivity index (χ0) is 22.6. The highest BCUT2D eigenvalue weighted by molar-refractivity contribution is 7.92. The zero-order valence-electron chi connectivity index (χ0n) is 18.6. The molecule has 0 bridgehead atoms. The van der Waals surface area contributed by atoms with Gasteiger partial charge in [0.1, 0.15) is 17.1 Å². The predicted molar refractivity (Wildman–Crippen MR) is 128 cm³/mol. The van der Waals surface area contributed by atoms with Gasteiger partial charge in [-0.1, -0.05) is 18.2 Å². The molecule has 1 aromatic heterocycles. The van der Waals surface area contributed by atoms with Crippen molar-refractivity contribution in [1.82, 2.24) is 5.32 Å². The molecule has 2 aliphatic carbocycles. The molecular weight excluding hydrogens is 434 g/mol. The minimum atomic E-state index is -3.39. The molecule has 1 atom stereocenters. The second-order valence-electron chi connectivity index (χ2n) is 10.2. The molecule has 2 saturated carbocycles. The minimum Gasteiger partial charge on any atom is -0.456 e. The predicted octanol–water partition coefficient (Wildman–Crippen LogP) is 5.14. The van der Waals surface area contributed by atoms with Crippen molar-refractivity contribution in [2.45, 2.75) is 60.6 Å². The Morgan fingerprint density at radius 2 is 1.67 bits per heavy atom. The Hall–Kier alpha value is -2.44. The summed E-state index contributed by atoms with van der Waals surface area (Å²) in [6.07, 6.45) is 6.17. The Balaban J connectivity index is 1.16. The number of sulfone groups is 1. The quantitative estimate of drug-likeness (QED) is 0.580. The van der Waals surface area contributed by atoms with E-state index < -0.39 is 9.84 Å². The van der Waals surface area contributed by atoms with E-state index in [1.807, 2.05) is 42.5 Å². The van der Waals surface area contributed by atoms with E-state index in [2.05, 4.69) is 5.32 Å². The monoisotopic (exact) mass is 463 g/mol. The van der Waals surface area contributed by atoms with Crippen LogP contribution in [0.15, 0.2) is 63.9 Å². The highest BCUT2D eigenvalue weighted by Gasteiger charge is 2.48. The summed E-state index contributed by atoms with van der Waals surface area (Å²) in [4.78, 5) is 12.7. The molecule has 3 aliphatic rings. The first kappa shape index (κ1) is 21.1. The maximum absolute atomic E-state index is 13.4. The largest absolute Gasteiger partial charge is 0.456 e. The third-order valence-electron chi connectivity index (χ3n) is 8.07. The van der Waals surface area contributed by atoms with Gasteiger partial charge >= 0.3 is 0 Å². The molecule has 172 valence electrons. The van der Waals surface area contributed by atoms with Crippen molar-refractivity contribution < 1.29 is 17.6 Å². The van der Waals surface area contributed by atoms with E-state index in [1.54, 1.807) is 12.1 Å². The van der Waals surface area contributed by atoms with Gasteiger partial charge in [-0.2, -0.15) is 0 Å². The van der Waals surface area contributed by atoms with Crippen LogP contribution in [0.2, 0.25) is 0 Å². The maximum atomic E-state index is 13.4. The van der Waals surface area contributed by atoms with E-state index in [9.17, 15) is 13.2 Å². The van der Waals surface area contributed by atoms with E-state index in [1.165, 1.54) is 12.8 Å². The number of carbonyl (C=O) groups is 1. The smallest absolute Gasteiger partial charge is 0.181 e. The summed E-state index contributed by atoms with van der Waals surface area (Å²) in [5.41, 5.74) is 1.63. The first-order chi connectivity index (χ1) is 15.9. The third kappa shape index (κ3) is 3.83. The summed E-state index contributed by atoms with van der Waals surface area (Å²) in [5.74, 6) is 1.85. The SMILES string of the molecule is O=C1CNC2(CCC(S(=O)(=O)c3ccc(-c4cc5ccccc5o4)cc3)CC2)CC1C1CC1. The van der Waals surface area contributed by atoms with Crippen LogP contribution in [0, 0.1) is 11.8 Å². The average Bonchev–Trinajstić information content (AvgIpc) is 3.59. The van der Waals surface area contributed by atoms with Crippen LogP contribution < -0.4 is 5.32 Å². The van der Waals surface area contributed by atoms with Gasteiger partial charge in [0.25, 0.3) is 0 Å². The fourth-order valence-corrected chi connectivity index (χ4v) is 7.66. The number of furan rings is 1. The Labute approximate surface area is 194 Å². The molecule has 0 amide bonds. The van der Waals surface area contributed by atoms with Crippen LogP contribution in [0.25, 0.3) is 22.3 Å². The van der Waals surface area contributed by atoms with Gasteiger partial charge in [0.05, 0.1) is 16.7 Å². The standard InChI is InChI=1S/C27H29NO4S/c29-24-17-28-27(16-23(24)18-5-6-18)13-11-22(12-14-27)33(30,31)21-9-7-19(8-10-21)26-15-20-3-1-2-4-25(20)32-26/h1-4,7-10,15,18,22-23,28H,5-6,11-14,16-17H2. The van der Waals surface area contributed by atoms with E-state index in [0.29, 0.717) is 36.0 Å². The Bertz CT molecular complexity index is 1260. The Morgan fingerprint density at radius 3 is 2.36 bits per heavy atom. The second kappa shape index (κ2) is 7.81. The molecule has 0 radical (unpaired) electrons. The van der Waals surface area contributed by atoms with E-state index in [0.717, 1.165) is 41.6 Å². The molecule has 1 spiro atoms. The van der Waals surface area contributed by atoms with Crippen LogP contribution in [0.4, 0.5) is 0 Å². The second-order valence-corrected chi connectivity index (χ2v) is 12.4. The molecule has 1 N–H and O–H groups in total. The van der Waals surface area contributed by atoms with Gasteiger partial charge in [-0.15, -0.1) is 0 Å². The maximum Gasteiger partial charge on any atom is 0.181 e. The minimum absolute atomic E-state index is 0.0572. The fourth-order valence-electron chi connectivity index (χ4n) is 5.90. The van der Waals surface area contributed by atoms with Gasteiger partial charge in [-0.05, 0) is 87.3 Å². The number of rotatable bonds is 4. The van der Waals surface area contributed by atoms with Crippen LogP contribution in [0.1, 0.15) is 44.9 Å². The number of ketones is 1. The molecular formula is C27H29NO4S. The van der Waals surface area contributed by atoms with Gasteiger partial charge in [-0.25, -0.2) is 8.42 Å². The lowest BCUT2D eigenvalue weighted by atomic mass is 9.71. The average molecular weight is 464 g/mol. The van der Waals surface area contributed by atoms with Crippen molar-refractivity contribution in [2.24, 2.45) is 11.8 Å². The first-order valence-electron chi connectivity index (χ1n) is 12.0. The van der Waals surface area contributed by atoms with E-state index in [-0.39, 0.29) is 16.7 Å². The number of benzene rings is 2. The molecule has 6 rings (SSSR count). The molecule has 3 aromatic rings. The molecule has 3 fully saturated rings. The lowest BCUT2D eigenvalue weighted by molar-refractivity contribution is -0.126. The molecule has 5 nitrogen and oxygen atoms in total. The molecule has 2 aromatic carbocycles. The molecule has 1 saturated heterocycles. The number of fused-ring (bicyclic) bond motifs is 1. The van der Waals surface area contributed by atoms with Crippen molar-refractivity contribution in [3.05, 3.63) is 54.6 Å². The lowest BCUT2D eigenvalue weighted by Gasteiger charge is -2.45.